The average Bonchev–Trinajstić information content (AvgIpc) is 2.46. The number of benzene rings is 2. The van der Waals surface area contributed by atoms with Gasteiger partial charge in [-0.25, -0.2) is 13.9 Å². The van der Waals surface area contributed by atoms with Gasteiger partial charge >= 0.3 is 0 Å². The minimum Gasteiger partial charge on any atom is -0.370 e. The molecule has 0 aliphatic rings. The fourth-order valence-corrected chi connectivity index (χ4v) is 2.44. The number of hydrogen-bond acceptors (Lipinski definition) is 2. The number of aliphatic imine (C=N–C) groups is 1. The third-order valence-electron chi connectivity index (χ3n) is 2.84. The van der Waals surface area contributed by atoms with Gasteiger partial charge in [0.15, 0.2) is 5.96 Å². The first kappa shape index (κ1) is 15.2. The minimum atomic E-state index is -2.13. The van der Waals surface area contributed by atoms with Gasteiger partial charge in [0, 0.05) is 0 Å². The molecule has 0 bridgehead atoms. The van der Waals surface area contributed by atoms with Crippen molar-refractivity contribution in [3.63, 3.8) is 0 Å². The molecule has 110 valence electrons. The third kappa shape index (κ3) is 4.38. The summed E-state index contributed by atoms with van der Waals surface area (Å²) in [5.74, 6) is -0.0167. The molecule has 0 aliphatic heterocycles. The number of nitrogens with one attached hydrogen (secondary N) is 1. The van der Waals surface area contributed by atoms with Crippen molar-refractivity contribution in [3.8, 4) is 0 Å². The predicted molar refractivity (Wildman–Crippen MR) is 84.1 cm³/mol. The summed E-state index contributed by atoms with van der Waals surface area (Å²) in [7, 11) is 0. The molecule has 0 heterocycles. The third-order valence-corrected chi connectivity index (χ3v) is 3.27. The zero-order chi connectivity index (χ0) is 15.2. The van der Waals surface area contributed by atoms with Crippen molar-refractivity contribution in [2.45, 2.75) is 6.04 Å². The van der Waals surface area contributed by atoms with E-state index in [4.69, 9.17) is 16.0 Å². The van der Waals surface area contributed by atoms with Crippen LogP contribution in [0.25, 0.3) is 0 Å². The lowest BCUT2D eigenvalue weighted by molar-refractivity contribution is 0.540. The highest BCUT2D eigenvalue weighted by atomic mass is 32.2. The van der Waals surface area contributed by atoms with Crippen LogP contribution in [0.3, 0.4) is 0 Å². The van der Waals surface area contributed by atoms with Crippen LogP contribution in [-0.2, 0) is 11.3 Å². The molecule has 2 aromatic carbocycles. The first-order valence-electron chi connectivity index (χ1n) is 6.18. The van der Waals surface area contributed by atoms with Crippen LogP contribution in [0.1, 0.15) is 17.2 Å². The van der Waals surface area contributed by atoms with Crippen LogP contribution in [0.15, 0.2) is 59.6 Å². The second kappa shape index (κ2) is 6.98. The molecular formula is C14H16N4O2S. The van der Waals surface area contributed by atoms with Gasteiger partial charge in [-0.15, -0.1) is 0 Å². The van der Waals surface area contributed by atoms with Gasteiger partial charge in [-0.3, -0.25) is 4.55 Å². The quantitative estimate of drug-likeness (QED) is 0.380. The standard InChI is InChI=1S/C14H16N4O2S/c15-14(16)17-12-8-6-11(7-9-12)13(18-21(19)20)10-4-2-1-3-5-10/h1-9,13,18H,(H,19,20)(H4,15,16,17). The minimum absolute atomic E-state index is 0.0167. The van der Waals surface area contributed by atoms with E-state index < -0.39 is 17.3 Å². The van der Waals surface area contributed by atoms with Crippen LogP contribution >= 0.6 is 0 Å². The van der Waals surface area contributed by atoms with Gasteiger partial charge in [0.1, 0.15) is 0 Å². The van der Waals surface area contributed by atoms with Crippen LogP contribution in [0.5, 0.6) is 0 Å². The second-order valence-corrected chi connectivity index (χ2v) is 5.07. The molecule has 0 radical (unpaired) electrons. The molecule has 6 N–H and O–H groups in total. The zero-order valence-corrected chi connectivity index (χ0v) is 12.0. The first-order valence-corrected chi connectivity index (χ1v) is 7.28. The summed E-state index contributed by atoms with van der Waals surface area (Å²) < 4.78 is 22.9. The van der Waals surface area contributed by atoms with Crippen LogP contribution in [0.4, 0.5) is 5.69 Å². The summed E-state index contributed by atoms with van der Waals surface area (Å²) >= 11 is -2.13. The molecule has 2 atom stereocenters. The van der Waals surface area contributed by atoms with Crippen LogP contribution in [0, 0.1) is 0 Å². The molecule has 0 saturated heterocycles. The topological polar surface area (TPSA) is 114 Å². The van der Waals surface area contributed by atoms with E-state index in [-0.39, 0.29) is 5.96 Å². The highest BCUT2D eigenvalue weighted by molar-refractivity contribution is 7.77. The lowest BCUT2D eigenvalue weighted by atomic mass is 9.99. The Morgan fingerprint density at radius 2 is 1.62 bits per heavy atom. The van der Waals surface area contributed by atoms with Crippen LogP contribution < -0.4 is 16.2 Å². The summed E-state index contributed by atoms with van der Waals surface area (Å²) in [5, 5.41) is 0. The van der Waals surface area contributed by atoms with E-state index in [0.717, 1.165) is 11.1 Å². The van der Waals surface area contributed by atoms with Gasteiger partial charge < -0.3 is 11.5 Å². The van der Waals surface area contributed by atoms with E-state index in [1.165, 1.54) is 0 Å². The Bertz CT molecular complexity index is 640. The normalized spacial score (nSPS) is 13.4. The van der Waals surface area contributed by atoms with E-state index in [0.29, 0.717) is 5.69 Å². The molecule has 0 spiro atoms. The fraction of sp³-hybridized carbons (Fsp3) is 0.0714. The van der Waals surface area contributed by atoms with Gasteiger partial charge in [0.25, 0.3) is 0 Å². The Hall–Kier alpha value is -2.22. The molecule has 2 rings (SSSR count). The Morgan fingerprint density at radius 1 is 1.05 bits per heavy atom. The molecule has 2 unspecified atom stereocenters. The van der Waals surface area contributed by atoms with E-state index in [1.807, 2.05) is 30.3 Å². The van der Waals surface area contributed by atoms with Gasteiger partial charge in [0.05, 0.1) is 11.7 Å². The zero-order valence-electron chi connectivity index (χ0n) is 11.1. The van der Waals surface area contributed by atoms with Gasteiger partial charge in [-0.2, -0.15) is 0 Å². The molecule has 0 amide bonds. The molecule has 0 aliphatic carbocycles. The average molecular weight is 304 g/mol. The Morgan fingerprint density at radius 3 is 2.14 bits per heavy atom. The SMILES string of the molecule is NC(N)=Nc1ccc(C(NS(=O)O)c2ccccc2)cc1. The van der Waals surface area contributed by atoms with Crippen molar-refractivity contribution in [3.05, 3.63) is 65.7 Å². The second-order valence-electron chi connectivity index (χ2n) is 4.34. The van der Waals surface area contributed by atoms with Crippen LogP contribution in [-0.4, -0.2) is 14.7 Å². The van der Waals surface area contributed by atoms with E-state index in [2.05, 4.69) is 9.71 Å². The molecule has 0 saturated carbocycles. The molecule has 0 aromatic heterocycles. The van der Waals surface area contributed by atoms with E-state index >= 15 is 0 Å². The maximum Gasteiger partial charge on any atom is 0.232 e. The van der Waals surface area contributed by atoms with Crippen molar-refractivity contribution in [2.75, 3.05) is 0 Å². The summed E-state index contributed by atoms with van der Waals surface area (Å²) in [4.78, 5) is 3.94. The van der Waals surface area contributed by atoms with E-state index in [9.17, 15) is 4.21 Å². The van der Waals surface area contributed by atoms with Crippen molar-refractivity contribution in [2.24, 2.45) is 16.5 Å². The highest BCUT2D eigenvalue weighted by Crippen LogP contribution is 2.24. The number of guanidine groups is 1. The molecular weight excluding hydrogens is 288 g/mol. The lowest BCUT2D eigenvalue weighted by Gasteiger charge is -2.17. The van der Waals surface area contributed by atoms with Crippen LogP contribution in [0.2, 0.25) is 0 Å². The molecule has 21 heavy (non-hydrogen) atoms. The first-order chi connectivity index (χ1) is 10.1. The summed E-state index contributed by atoms with van der Waals surface area (Å²) in [6.45, 7) is 0. The largest absolute Gasteiger partial charge is 0.370 e. The summed E-state index contributed by atoms with van der Waals surface area (Å²) in [6.07, 6.45) is 0. The maximum absolute atomic E-state index is 11.1. The number of hydrogen-bond donors (Lipinski definition) is 4. The van der Waals surface area contributed by atoms with Gasteiger partial charge in [-0.05, 0) is 23.3 Å². The molecule has 7 heteroatoms. The monoisotopic (exact) mass is 304 g/mol. The number of nitrogens with zero attached hydrogens (tertiary/aromatic N) is 1. The number of rotatable bonds is 5. The molecule has 2 aromatic rings. The fourth-order valence-electron chi connectivity index (χ4n) is 1.97. The predicted octanol–water partition coefficient (Wildman–Crippen LogP) is 1.41. The smallest absolute Gasteiger partial charge is 0.232 e. The van der Waals surface area contributed by atoms with E-state index in [1.54, 1.807) is 24.3 Å². The van der Waals surface area contributed by atoms with Gasteiger partial charge in [-0.1, -0.05) is 42.5 Å². The summed E-state index contributed by atoms with van der Waals surface area (Å²) in [6, 6.07) is 16.1. The van der Waals surface area contributed by atoms with Gasteiger partial charge in [0.2, 0.25) is 11.3 Å². The lowest BCUT2D eigenvalue weighted by Crippen LogP contribution is -2.24. The Balaban J connectivity index is 2.33. The Kier molecular flexibility index (Phi) is 5.04. The molecule has 6 nitrogen and oxygen atoms in total. The summed E-state index contributed by atoms with van der Waals surface area (Å²) in [5.41, 5.74) is 13.0. The van der Waals surface area contributed by atoms with Crippen molar-refractivity contribution in [1.29, 1.82) is 0 Å². The molecule has 0 fully saturated rings. The highest BCUT2D eigenvalue weighted by Gasteiger charge is 2.15. The maximum atomic E-state index is 11.1. The van der Waals surface area contributed by atoms with Crippen molar-refractivity contribution in [1.82, 2.24) is 4.72 Å². The van der Waals surface area contributed by atoms with Crippen molar-refractivity contribution < 1.29 is 8.76 Å². The Labute approximate surface area is 125 Å². The number of nitrogens with two attached hydrogens (primary N) is 2. The van der Waals surface area contributed by atoms with Crippen molar-refractivity contribution >= 4 is 22.9 Å².